The van der Waals surface area contributed by atoms with E-state index >= 15 is 0 Å². The van der Waals surface area contributed by atoms with E-state index in [1.165, 1.54) is 0 Å². The van der Waals surface area contributed by atoms with Crippen molar-refractivity contribution in [3.05, 3.63) is 34.3 Å². The predicted octanol–water partition coefficient (Wildman–Crippen LogP) is 1.76. The second-order valence-corrected chi connectivity index (χ2v) is 5.31. The van der Waals surface area contributed by atoms with Gasteiger partial charge in [-0.2, -0.15) is 0 Å². The predicted molar refractivity (Wildman–Crippen MR) is 77.4 cm³/mol. The average Bonchev–Trinajstić information content (AvgIpc) is 2.71. The van der Waals surface area contributed by atoms with E-state index in [0.717, 1.165) is 25.8 Å². The van der Waals surface area contributed by atoms with Crippen molar-refractivity contribution in [1.29, 1.82) is 0 Å². The molecule has 21 heavy (non-hydrogen) atoms. The number of carbonyl (C=O) groups is 1. The number of fused-ring (bicyclic) bond motifs is 1. The van der Waals surface area contributed by atoms with Gasteiger partial charge >= 0.3 is 5.76 Å². The number of H-pyrrole nitrogens is 1. The monoisotopic (exact) mass is 290 g/mol. The SMILES string of the molecule is COC1CCCN(C(=O)c2ccc3oc(=O)[nH]c3c2)CC1. The third-order valence-corrected chi connectivity index (χ3v) is 3.96. The number of likely N-dealkylation sites (tertiary alicyclic amines) is 1. The van der Waals surface area contributed by atoms with Crippen molar-refractivity contribution in [2.45, 2.75) is 25.4 Å². The first kappa shape index (κ1) is 13.9. The Morgan fingerprint density at radius 1 is 1.38 bits per heavy atom. The molecule has 1 saturated heterocycles. The summed E-state index contributed by atoms with van der Waals surface area (Å²) in [7, 11) is 1.71. The molecule has 0 radical (unpaired) electrons. The summed E-state index contributed by atoms with van der Waals surface area (Å²) < 4.78 is 10.3. The van der Waals surface area contributed by atoms with Crippen LogP contribution in [0.25, 0.3) is 11.1 Å². The Morgan fingerprint density at radius 3 is 3.05 bits per heavy atom. The van der Waals surface area contributed by atoms with Crippen LogP contribution in [0.1, 0.15) is 29.6 Å². The van der Waals surface area contributed by atoms with Gasteiger partial charge in [0.15, 0.2) is 5.58 Å². The molecule has 2 heterocycles. The smallest absolute Gasteiger partial charge is 0.408 e. The lowest BCUT2D eigenvalue weighted by Crippen LogP contribution is -2.32. The van der Waals surface area contributed by atoms with Gasteiger partial charge in [0, 0.05) is 25.8 Å². The van der Waals surface area contributed by atoms with Gasteiger partial charge in [0.25, 0.3) is 5.91 Å². The van der Waals surface area contributed by atoms with Gasteiger partial charge in [-0.25, -0.2) is 4.79 Å². The molecule has 1 amide bonds. The molecule has 1 atom stereocenters. The first-order valence-electron chi connectivity index (χ1n) is 7.12. The van der Waals surface area contributed by atoms with Crippen molar-refractivity contribution in [1.82, 2.24) is 9.88 Å². The number of carbonyl (C=O) groups excluding carboxylic acids is 1. The fraction of sp³-hybridized carbons (Fsp3) is 0.467. The number of amides is 1. The fourth-order valence-corrected chi connectivity index (χ4v) is 2.77. The van der Waals surface area contributed by atoms with Gasteiger partial charge in [-0.3, -0.25) is 9.78 Å². The molecule has 0 bridgehead atoms. The summed E-state index contributed by atoms with van der Waals surface area (Å²) in [6.45, 7) is 1.43. The first-order chi connectivity index (χ1) is 10.2. The van der Waals surface area contributed by atoms with Crippen molar-refractivity contribution in [2.24, 2.45) is 0 Å². The average molecular weight is 290 g/mol. The maximum Gasteiger partial charge on any atom is 0.417 e. The molecule has 6 nitrogen and oxygen atoms in total. The van der Waals surface area contributed by atoms with Crippen LogP contribution in [0.15, 0.2) is 27.4 Å². The highest BCUT2D eigenvalue weighted by atomic mass is 16.5. The summed E-state index contributed by atoms with van der Waals surface area (Å²) in [6, 6.07) is 5.01. The lowest BCUT2D eigenvalue weighted by molar-refractivity contribution is 0.0723. The minimum Gasteiger partial charge on any atom is -0.408 e. The maximum absolute atomic E-state index is 12.6. The number of hydrogen-bond donors (Lipinski definition) is 1. The molecule has 0 spiro atoms. The van der Waals surface area contributed by atoms with E-state index < -0.39 is 5.76 Å². The van der Waals surface area contributed by atoms with Gasteiger partial charge in [-0.1, -0.05) is 0 Å². The number of benzene rings is 1. The van der Waals surface area contributed by atoms with Crippen LogP contribution in [0, 0.1) is 0 Å². The quantitative estimate of drug-likeness (QED) is 0.914. The molecule has 1 fully saturated rings. The van der Waals surface area contributed by atoms with Crippen molar-refractivity contribution >= 4 is 17.0 Å². The number of nitrogens with one attached hydrogen (secondary N) is 1. The second kappa shape index (κ2) is 5.73. The number of oxazole rings is 1. The van der Waals surface area contributed by atoms with Crippen molar-refractivity contribution in [3.63, 3.8) is 0 Å². The van der Waals surface area contributed by atoms with E-state index in [4.69, 9.17) is 9.15 Å². The van der Waals surface area contributed by atoms with Crippen LogP contribution in [0.3, 0.4) is 0 Å². The minimum atomic E-state index is -0.507. The Morgan fingerprint density at radius 2 is 2.24 bits per heavy atom. The summed E-state index contributed by atoms with van der Waals surface area (Å²) >= 11 is 0. The lowest BCUT2D eigenvalue weighted by Gasteiger charge is -2.20. The van der Waals surface area contributed by atoms with Gasteiger partial charge < -0.3 is 14.1 Å². The highest BCUT2D eigenvalue weighted by Crippen LogP contribution is 2.18. The summed E-state index contributed by atoms with van der Waals surface area (Å²) in [6.07, 6.45) is 3.01. The van der Waals surface area contributed by atoms with Crippen LogP contribution in [0.2, 0.25) is 0 Å². The third-order valence-electron chi connectivity index (χ3n) is 3.96. The van der Waals surface area contributed by atoms with E-state index in [2.05, 4.69) is 4.98 Å². The Labute approximate surface area is 121 Å². The summed E-state index contributed by atoms with van der Waals surface area (Å²) in [5.74, 6) is -0.525. The van der Waals surface area contributed by atoms with E-state index in [1.807, 2.05) is 4.90 Å². The van der Waals surface area contributed by atoms with E-state index in [1.54, 1.807) is 25.3 Å². The van der Waals surface area contributed by atoms with Crippen LogP contribution in [-0.4, -0.2) is 42.1 Å². The molecule has 3 rings (SSSR count). The lowest BCUT2D eigenvalue weighted by atomic mass is 10.1. The van der Waals surface area contributed by atoms with Crippen molar-refractivity contribution < 1.29 is 13.9 Å². The zero-order valence-electron chi connectivity index (χ0n) is 11.9. The number of aromatic nitrogens is 1. The zero-order valence-corrected chi connectivity index (χ0v) is 11.9. The maximum atomic E-state index is 12.6. The van der Waals surface area contributed by atoms with Gasteiger partial charge in [0.2, 0.25) is 0 Å². The van der Waals surface area contributed by atoms with Crippen LogP contribution >= 0.6 is 0 Å². The molecule has 1 aromatic carbocycles. The number of aromatic amines is 1. The second-order valence-electron chi connectivity index (χ2n) is 5.31. The number of hydrogen-bond acceptors (Lipinski definition) is 4. The summed E-state index contributed by atoms with van der Waals surface area (Å²) in [5, 5.41) is 0. The van der Waals surface area contributed by atoms with Crippen molar-refractivity contribution in [3.8, 4) is 0 Å². The van der Waals surface area contributed by atoms with E-state index in [-0.39, 0.29) is 12.0 Å². The molecule has 1 aromatic heterocycles. The van der Waals surface area contributed by atoms with Crippen LogP contribution in [0.5, 0.6) is 0 Å². The molecule has 112 valence electrons. The Kier molecular flexibility index (Phi) is 3.79. The van der Waals surface area contributed by atoms with E-state index in [0.29, 0.717) is 23.2 Å². The molecule has 2 aromatic rings. The third kappa shape index (κ3) is 2.85. The molecule has 0 aliphatic carbocycles. The zero-order chi connectivity index (χ0) is 14.8. The number of ether oxygens (including phenoxy) is 1. The molecular formula is C15H18N2O4. The van der Waals surface area contributed by atoms with Gasteiger partial charge in [0.1, 0.15) is 0 Å². The van der Waals surface area contributed by atoms with Crippen LogP contribution in [-0.2, 0) is 4.74 Å². The molecule has 6 heteroatoms. The molecule has 0 saturated carbocycles. The highest BCUT2D eigenvalue weighted by molar-refractivity contribution is 5.97. The number of nitrogens with zero attached hydrogens (tertiary/aromatic N) is 1. The minimum absolute atomic E-state index is 0.0179. The highest BCUT2D eigenvalue weighted by Gasteiger charge is 2.21. The van der Waals surface area contributed by atoms with Crippen LogP contribution < -0.4 is 5.76 Å². The standard InChI is InChI=1S/C15H18N2O4/c1-20-11-3-2-7-17(8-6-11)14(18)10-4-5-13-12(9-10)16-15(19)21-13/h4-5,9,11H,2-3,6-8H2,1H3,(H,16,19). The van der Waals surface area contributed by atoms with Crippen molar-refractivity contribution in [2.75, 3.05) is 20.2 Å². The number of rotatable bonds is 2. The van der Waals surface area contributed by atoms with E-state index in [9.17, 15) is 9.59 Å². The molecule has 1 unspecified atom stereocenters. The normalized spacial score (nSPS) is 19.7. The Hall–Kier alpha value is -2.08. The summed E-state index contributed by atoms with van der Waals surface area (Å²) in [4.78, 5) is 28.1. The molecule has 1 N–H and O–H groups in total. The van der Waals surface area contributed by atoms with Gasteiger partial charge in [-0.15, -0.1) is 0 Å². The molecule has 1 aliphatic rings. The van der Waals surface area contributed by atoms with Gasteiger partial charge in [-0.05, 0) is 37.5 Å². The fourth-order valence-electron chi connectivity index (χ4n) is 2.77. The van der Waals surface area contributed by atoms with Gasteiger partial charge in [0.05, 0.1) is 11.6 Å². The topological polar surface area (TPSA) is 75.5 Å². The first-order valence-corrected chi connectivity index (χ1v) is 7.12. The Balaban J connectivity index is 1.80. The largest absolute Gasteiger partial charge is 0.417 e. The molecular weight excluding hydrogens is 272 g/mol. The number of methoxy groups -OCH3 is 1. The van der Waals surface area contributed by atoms with Crippen LogP contribution in [0.4, 0.5) is 0 Å². The summed E-state index contributed by atoms with van der Waals surface area (Å²) in [5.41, 5.74) is 1.58. The Bertz CT molecular complexity index is 703. The molecule has 1 aliphatic heterocycles.